The fourth-order valence-electron chi connectivity index (χ4n) is 3.96. The third-order valence-corrected chi connectivity index (χ3v) is 7.55. The summed E-state index contributed by atoms with van der Waals surface area (Å²) in [4.78, 5) is 25.0. The van der Waals surface area contributed by atoms with Crippen molar-refractivity contribution in [2.24, 2.45) is 0 Å². The number of carbonyl (C=O) groups is 2. The standard InChI is InChI=1S/C25H25N3O5S/c1-26-24(29)15-18-8-3-5-9-21(18)27-25(30)20-16-19(11-12-23(20)33-2)34(31,32)28-14-13-17-7-4-6-10-22(17)28/h3-12,16H,13-15H2,1-2H3,(H,26,29)(H,27,30). The molecular formula is C25H25N3O5S. The number of nitrogens with zero attached hydrogens (tertiary/aromatic N) is 1. The lowest BCUT2D eigenvalue weighted by Crippen LogP contribution is -2.29. The molecule has 0 unspecified atom stereocenters. The first-order valence-electron chi connectivity index (χ1n) is 10.7. The lowest BCUT2D eigenvalue weighted by molar-refractivity contribution is -0.119. The van der Waals surface area contributed by atoms with Crippen LogP contribution in [0.25, 0.3) is 0 Å². The summed E-state index contributed by atoms with van der Waals surface area (Å²) in [6.45, 7) is 0.335. The van der Waals surface area contributed by atoms with E-state index in [1.54, 1.807) is 43.4 Å². The van der Waals surface area contributed by atoms with Crippen molar-refractivity contribution in [3.8, 4) is 5.75 Å². The Kier molecular flexibility index (Phi) is 6.56. The molecule has 176 valence electrons. The predicted octanol–water partition coefficient (Wildman–Crippen LogP) is 2.99. The second-order valence-corrected chi connectivity index (χ2v) is 9.64. The highest BCUT2D eigenvalue weighted by atomic mass is 32.2. The van der Waals surface area contributed by atoms with Crippen LogP contribution in [0.2, 0.25) is 0 Å². The van der Waals surface area contributed by atoms with Gasteiger partial charge in [-0.2, -0.15) is 0 Å². The van der Waals surface area contributed by atoms with Gasteiger partial charge in [-0.15, -0.1) is 0 Å². The van der Waals surface area contributed by atoms with Gasteiger partial charge in [0.25, 0.3) is 15.9 Å². The highest BCUT2D eigenvalue weighted by Gasteiger charge is 2.31. The van der Waals surface area contributed by atoms with Gasteiger partial charge in [-0.1, -0.05) is 36.4 Å². The van der Waals surface area contributed by atoms with Crippen molar-refractivity contribution in [2.45, 2.75) is 17.7 Å². The Morgan fingerprint density at radius 1 is 1.03 bits per heavy atom. The van der Waals surface area contributed by atoms with Crippen molar-refractivity contribution in [1.29, 1.82) is 0 Å². The second-order valence-electron chi connectivity index (χ2n) is 7.78. The number of anilines is 2. The number of hydrogen-bond donors (Lipinski definition) is 2. The normalized spacial score (nSPS) is 12.7. The van der Waals surface area contributed by atoms with Gasteiger partial charge in [-0.3, -0.25) is 13.9 Å². The SMILES string of the molecule is CNC(=O)Cc1ccccc1NC(=O)c1cc(S(=O)(=O)N2CCc3ccccc32)ccc1OC. The van der Waals surface area contributed by atoms with Crippen LogP contribution in [0.5, 0.6) is 5.75 Å². The molecule has 0 aromatic heterocycles. The second kappa shape index (κ2) is 9.56. The molecule has 0 spiro atoms. The van der Waals surface area contributed by atoms with Gasteiger partial charge in [0, 0.05) is 19.3 Å². The molecule has 0 aliphatic carbocycles. The minimum atomic E-state index is -3.89. The first kappa shape index (κ1) is 23.3. The minimum Gasteiger partial charge on any atom is -0.496 e. The summed E-state index contributed by atoms with van der Waals surface area (Å²) in [7, 11) is -0.935. The molecule has 0 fully saturated rings. The van der Waals surface area contributed by atoms with Crippen LogP contribution in [-0.4, -0.2) is 40.9 Å². The van der Waals surface area contributed by atoms with Crippen LogP contribution < -0.4 is 19.7 Å². The number of benzene rings is 3. The predicted molar refractivity (Wildman–Crippen MR) is 130 cm³/mol. The Morgan fingerprint density at radius 3 is 2.53 bits per heavy atom. The van der Waals surface area contributed by atoms with E-state index in [1.165, 1.54) is 29.6 Å². The Bertz CT molecular complexity index is 1350. The van der Waals surface area contributed by atoms with Crippen molar-refractivity contribution in [3.05, 3.63) is 83.4 Å². The summed E-state index contributed by atoms with van der Waals surface area (Å²) < 4.78 is 33.6. The molecule has 1 heterocycles. The highest BCUT2D eigenvalue weighted by Crippen LogP contribution is 2.34. The summed E-state index contributed by atoms with van der Waals surface area (Å²) in [5.41, 5.74) is 2.77. The molecule has 0 atom stereocenters. The van der Waals surface area contributed by atoms with E-state index in [9.17, 15) is 18.0 Å². The van der Waals surface area contributed by atoms with Gasteiger partial charge in [0.1, 0.15) is 5.75 Å². The molecule has 3 aromatic carbocycles. The quantitative estimate of drug-likeness (QED) is 0.542. The summed E-state index contributed by atoms with van der Waals surface area (Å²) in [6, 6.07) is 18.5. The molecule has 2 N–H and O–H groups in total. The van der Waals surface area contributed by atoms with Gasteiger partial charge < -0.3 is 15.4 Å². The van der Waals surface area contributed by atoms with Gasteiger partial charge in [-0.25, -0.2) is 8.42 Å². The Balaban J connectivity index is 1.67. The van der Waals surface area contributed by atoms with Crippen molar-refractivity contribution < 1.29 is 22.7 Å². The molecule has 0 saturated heterocycles. The lowest BCUT2D eigenvalue weighted by Gasteiger charge is -2.20. The maximum atomic E-state index is 13.4. The molecular weight excluding hydrogens is 454 g/mol. The summed E-state index contributed by atoms with van der Waals surface area (Å²) in [5, 5.41) is 5.35. The first-order chi connectivity index (χ1) is 16.3. The van der Waals surface area contributed by atoms with Crippen LogP contribution in [0, 0.1) is 0 Å². The van der Waals surface area contributed by atoms with E-state index in [4.69, 9.17) is 4.74 Å². The van der Waals surface area contributed by atoms with Crippen molar-refractivity contribution in [1.82, 2.24) is 5.32 Å². The van der Waals surface area contributed by atoms with Crippen LogP contribution in [-0.2, 0) is 27.7 Å². The summed E-state index contributed by atoms with van der Waals surface area (Å²) in [6.07, 6.45) is 0.716. The third-order valence-electron chi connectivity index (χ3n) is 5.74. The van der Waals surface area contributed by atoms with E-state index in [2.05, 4.69) is 10.6 Å². The van der Waals surface area contributed by atoms with Gasteiger partial charge in [0.05, 0.1) is 29.7 Å². The van der Waals surface area contributed by atoms with E-state index in [1.807, 2.05) is 12.1 Å². The van der Waals surface area contributed by atoms with Gasteiger partial charge in [0.15, 0.2) is 0 Å². The average molecular weight is 480 g/mol. The largest absolute Gasteiger partial charge is 0.496 e. The number of sulfonamides is 1. The smallest absolute Gasteiger partial charge is 0.264 e. The van der Waals surface area contributed by atoms with Crippen LogP contribution >= 0.6 is 0 Å². The molecule has 2 amide bonds. The number of nitrogens with one attached hydrogen (secondary N) is 2. The van der Waals surface area contributed by atoms with Crippen LogP contribution in [0.15, 0.2) is 71.6 Å². The van der Waals surface area contributed by atoms with E-state index >= 15 is 0 Å². The van der Waals surface area contributed by atoms with E-state index in [0.717, 1.165) is 5.56 Å². The van der Waals surface area contributed by atoms with Crippen molar-refractivity contribution >= 4 is 33.2 Å². The van der Waals surface area contributed by atoms with Gasteiger partial charge in [0.2, 0.25) is 5.91 Å². The molecule has 8 nitrogen and oxygen atoms in total. The molecule has 4 rings (SSSR count). The molecule has 0 radical (unpaired) electrons. The van der Waals surface area contributed by atoms with Crippen molar-refractivity contribution in [3.63, 3.8) is 0 Å². The number of amides is 2. The number of fused-ring (bicyclic) bond motifs is 1. The molecule has 9 heteroatoms. The maximum absolute atomic E-state index is 13.4. The van der Waals surface area contributed by atoms with E-state index < -0.39 is 15.9 Å². The zero-order valence-corrected chi connectivity index (χ0v) is 19.7. The third kappa shape index (κ3) is 4.47. The minimum absolute atomic E-state index is 0.00574. The fourth-order valence-corrected chi connectivity index (χ4v) is 5.49. The maximum Gasteiger partial charge on any atom is 0.264 e. The summed E-state index contributed by atoms with van der Waals surface area (Å²) in [5.74, 6) is -0.500. The van der Waals surface area contributed by atoms with Crippen LogP contribution in [0.3, 0.4) is 0 Å². The molecule has 1 aliphatic rings. The van der Waals surface area contributed by atoms with E-state index in [-0.39, 0.29) is 28.5 Å². The number of para-hydroxylation sites is 2. The molecule has 3 aromatic rings. The number of rotatable bonds is 7. The number of carbonyl (C=O) groups excluding carboxylic acids is 2. The van der Waals surface area contributed by atoms with Crippen LogP contribution in [0.1, 0.15) is 21.5 Å². The molecule has 34 heavy (non-hydrogen) atoms. The number of methoxy groups -OCH3 is 1. The Labute approximate surface area is 198 Å². The zero-order valence-electron chi connectivity index (χ0n) is 18.9. The lowest BCUT2D eigenvalue weighted by atomic mass is 10.1. The van der Waals surface area contributed by atoms with Crippen LogP contribution in [0.4, 0.5) is 11.4 Å². The summed E-state index contributed by atoms with van der Waals surface area (Å²) >= 11 is 0. The fraction of sp³-hybridized carbons (Fsp3) is 0.200. The average Bonchev–Trinajstić information content (AvgIpc) is 3.29. The molecule has 0 bridgehead atoms. The molecule has 0 saturated carbocycles. The van der Waals surface area contributed by atoms with Gasteiger partial charge >= 0.3 is 0 Å². The number of hydrogen-bond acceptors (Lipinski definition) is 5. The number of ether oxygens (including phenoxy) is 1. The van der Waals surface area contributed by atoms with Gasteiger partial charge in [-0.05, 0) is 47.9 Å². The van der Waals surface area contributed by atoms with E-state index in [0.29, 0.717) is 29.9 Å². The Morgan fingerprint density at radius 2 is 1.76 bits per heavy atom. The monoisotopic (exact) mass is 479 g/mol. The number of likely N-dealkylation sites (N-methyl/N-ethyl adjacent to an activating group) is 1. The topological polar surface area (TPSA) is 105 Å². The first-order valence-corrected chi connectivity index (χ1v) is 12.2. The molecule has 1 aliphatic heterocycles. The zero-order chi connectivity index (χ0) is 24.3. The highest BCUT2D eigenvalue weighted by molar-refractivity contribution is 7.92. The van der Waals surface area contributed by atoms with Crippen molar-refractivity contribution in [2.75, 3.05) is 30.3 Å². The Hall–Kier alpha value is -3.85.